The molecule has 4 heteroatoms. The van der Waals surface area contributed by atoms with Crippen molar-refractivity contribution in [2.24, 2.45) is 23.2 Å². The fourth-order valence-electron chi connectivity index (χ4n) is 6.11. The van der Waals surface area contributed by atoms with Crippen LogP contribution in [0.25, 0.3) is 0 Å². The van der Waals surface area contributed by atoms with Gasteiger partial charge in [0.2, 0.25) is 0 Å². The van der Waals surface area contributed by atoms with Gasteiger partial charge in [-0.15, -0.1) is 0 Å². The molecule has 1 aromatic carbocycles. The van der Waals surface area contributed by atoms with Crippen molar-refractivity contribution in [3.63, 3.8) is 0 Å². The van der Waals surface area contributed by atoms with Crippen molar-refractivity contribution in [3.8, 4) is 0 Å². The second-order valence-electron chi connectivity index (χ2n) is 8.28. The number of hydrogen-bond acceptors (Lipinski definition) is 3. The first-order valence-electron chi connectivity index (χ1n) is 9.10. The molecule has 124 valence electrons. The van der Waals surface area contributed by atoms with E-state index < -0.39 is 5.97 Å². The van der Waals surface area contributed by atoms with E-state index in [2.05, 4.69) is 17.4 Å². The fraction of sp³-hybridized carbons (Fsp3) is 0.650. The molecule has 0 aromatic heterocycles. The van der Waals surface area contributed by atoms with Gasteiger partial charge in [0.05, 0.1) is 0 Å². The number of aliphatic carboxylic acids is 1. The van der Waals surface area contributed by atoms with Crippen LogP contribution >= 0.6 is 0 Å². The Labute approximate surface area is 166 Å². The van der Waals surface area contributed by atoms with Gasteiger partial charge in [-0.05, 0) is 67.3 Å². The minimum Gasteiger partial charge on any atom is -0.550 e. The zero-order chi connectivity index (χ0) is 15.9. The first kappa shape index (κ1) is 18.4. The van der Waals surface area contributed by atoms with Crippen LogP contribution in [-0.4, -0.2) is 12.0 Å². The van der Waals surface area contributed by atoms with Gasteiger partial charge in [-0.2, -0.15) is 0 Å². The van der Waals surface area contributed by atoms with Crippen molar-refractivity contribution in [2.75, 3.05) is 0 Å². The molecule has 4 bridgehead atoms. The summed E-state index contributed by atoms with van der Waals surface area (Å²) in [5, 5.41) is 15.0. The Bertz CT molecular complexity index is 539. The molecule has 4 fully saturated rings. The normalized spacial score (nSPS) is 34.6. The second kappa shape index (κ2) is 7.49. The maximum absolute atomic E-state index is 11.4. The first-order valence-corrected chi connectivity index (χ1v) is 9.10. The molecule has 1 unspecified atom stereocenters. The predicted octanol–water partition coefficient (Wildman–Crippen LogP) is -0.495. The average Bonchev–Trinajstić information content (AvgIpc) is 2.50. The van der Waals surface area contributed by atoms with Crippen molar-refractivity contribution in [2.45, 2.75) is 57.5 Å². The van der Waals surface area contributed by atoms with Crippen molar-refractivity contribution in [1.29, 1.82) is 0 Å². The van der Waals surface area contributed by atoms with Crippen LogP contribution in [0, 0.1) is 23.2 Å². The van der Waals surface area contributed by atoms with Crippen LogP contribution in [0.15, 0.2) is 30.3 Å². The Kier molecular flexibility index (Phi) is 5.75. The van der Waals surface area contributed by atoms with Crippen LogP contribution in [0.2, 0.25) is 0 Å². The van der Waals surface area contributed by atoms with E-state index in [-0.39, 0.29) is 47.4 Å². The van der Waals surface area contributed by atoms with Crippen LogP contribution in [0.1, 0.15) is 50.5 Å². The molecule has 4 aliphatic rings. The molecule has 4 saturated carbocycles. The number of carboxylic acid groups (broad SMARTS) is 1. The van der Waals surface area contributed by atoms with Crippen molar-refractivity contribution in [3.05, 3.63) is 35.9 Å². The van der Waals surface area contributed by atoms with Crippen molar-refractivity contribution < 1.29 is 39.5 Å². The van der Waals surface area contributed by atoms with E-state index >= 15 is 0 Å². The quantitative estimate of drug-likeness (QED) is 0.714. The summed E-state index contributed by atoms with van der Waals surface area (Å²) in [5.74, 6) is 1.60. The smallest absolute Gasteiger partial charge is 0.550 e. The van der Waals surface area contributed by atoms with Gasteiger partial charge in [0.15, 0.2) is 0 Å². The Morgan fingerprint density at radius 2 is 1.62 bits per heavy atom. The Morgan fingerprint density at radius 1 is 1.08 bits per heavy atom. The van der Waals surface area contributed by atoms with Gasteiger partial charge in [-0.1, -0.05) is 30.3 Å². The third-order valence-corrected chi connectivity index (χ3v) is 6.59. The van der Waals surface area contributed by atoms with Crippen LogP contribution in [0.4, 0.5) is 0 Å². The molecule has 1 atom stereocenters. The SMILES string of the molecule is O=C([O-])CC(NCc1ccccc1)C12CC3CC(CC(C3)C1)C2.[Na+]. The molecule has 0 saturated heterocycles. The summed E-state index contributed by atoms with van der Waals surface area (Å²) in [6.45, 7) is 0.751. The van der Waals surface area contributed by atoms with Gasteiger partial charge in [0.1, 0.15) is 0 Å². The maximum atomic E-state index is 11.4. The number of rotatable bonds is 6. The molecule has 0 heterocycles. The van der Waals surface area contributed by atoms with Crippen LogP contribution in [-0.2, 0) is 11.3 Å². The summed E-state index contributed by atoms with van der Waals surface area (Å²) in [7, 11) is 0. The number of benzene rings is 1. The van der Waals surface area contributed by atoms with E-state index in [1.165, 1.54) is 44.1 Å². The van der Waals surface area contributed by atoms with E-state index in [0.29, 0.717) is 0 Å². The monoisotopic (exact) mass is 335 g/mol. The third-order valence-electron chi connectivity index (χ3n) is 6.59. The topological polar surface area (TPSA) is 52.2 Å². The first-order chi connectivity index (χ1) is 11.1. The molecule has 5 rings (SSSR count). The zero-order valence-corrected chi connectivity index (χ0v) is 16.7. The van der Waals surface area contributed by atoms with Crippen LogP contribution < -0.4 is 40.0 Å². The van der Waals surface area contributed by atoms with Gasteiger partial charge in [-0.3, -0.25) is 0 Å². The van der Waals surface area contributed by atoms with Gasteiger partial charge in [-0.25, -0.2) is 0 Å². The number of carboxylic acids is 1. The number of nitrogens with one attached hydrogen (secondary N) is 1. The van der Waals surface area contributed by atoms with Gasteiger partial charge >= 0.3 is 29.6 Å². The molecule has 0 amide bonds. The van der Waals surface area contributed by atoms with E-state index in [9.17, 15) is 9.90 Å². The molecule has 0 radical (unpaired) electrons. The van der Waals surface area contributed by atoms with Gasteiger partial charge < -0.3 is 15.2 Å². The molecular formula is C20H26NNaO2. The maximum Gasteiger partial charge on any atom is 1.00 e. The van der Waals surface area contributed by atoms with Crippen molar-refractivity contribution in [1.82, 2.24) is 5.32 Å². The van der Waals surface area contributed by atoms with E-state index in [0.717, 1.165) is 24.3 Å². The molecular weight excluding hydrogens is 309 g/mol. The summed E-state index contributed by atoms with van der Waals surface area (Å²) < 4.78 is 0. The van der Waals surface area contributed by atoms with E-state index in [1.54, 1.807) is 0 Å². The number of hydrogen-bond donors (Lipinski definition) is 1. The summed E-state index contributed by atoms with van der Waals surface area (Å²) in [4.78, 5) is 11.4. The minimum atomic E-state index is -0.911. The second-order valence-corrected chi connectivity index (χ2v) is 8.28. The zero-order valence-electron chi connectivity index (χ0n) is 14.7. The Morgan fingerprint density at radius 3 is 2.12 bits per heavy atom. The van der Waals surface area contributed by atoms with Crippen LogP contribution in [0.5, 0.6) is 0 Å². The average molecular weight is 335 g/mol. The summed E-state index contributed by atoms with van der Waals surface area (Å²) >= 11 is 0. The Hall–Kier alpha value is -0.350. The van der Waals surface area contributed by atoms with E-state index in [1.807, 2.05) is 18.2 Å². The molecule has 3 nitrogen and oxygen atoms in total. The van der Waals surface area contributed by atoms with E-state index in [4.69, 9.17) is 0 Å². The van der Waals surface area contributed by atoms with Gasteiger partial charge in [0, 0.05) is 25.0 Å². The summed E-state index contributed by atoms with van der Waals surface area (Å²) in [6, 6.07) is 10.3. The minimum absolute atomic E-state index is 0. The predicted molar refractivity (Wildman–Crippen MR) is 87.3 cm³/mol. The molecule has 4 aliphatic carbocycles. The molecule has 0 aliphatic heterocycles. The molecule has 0 spiro atoms. The molecule has 1 N–H and O–H groups in total. The Balaban J connectivity index is 0.00000169. The summed E-state index contributed by atoms with van der Waals surface area (Å²) in [5.41, 5.74) is 1.42. The summed E-state index contributed by atoms with van der Waals surface area (Å²) in [6.07, 6.45) is 7.97. The molecule has 1 aromatic rings. The van der Waals surface area contributed by atoms with Crippen molar-refractivity contribution >= 4 is 5.97 Å². The number of carbonyl (C=O) groups is 1. The standard InChI is InChI=1S/C20H27NO2.Na/c22-19(23)9-18(21-13-14-4-2-1-3-5-14)20-10-15-6-16(11-20)8-17(7-15)12-20;/h1-5,15-18,21H,6-13H2,(H,22,23);/q;+1/p-1. The largest absolute Gasteiger partial charge is 1.00 e. The van der Waals surface area contributed by atoms with Gasteiger partial charge in [0.25, 0.3) is 0 Å². The fourth-order valence-corrected chi connectivity index (χ4v) is 6.11. The molecule has 24 heavy (non-hydrogen) atoms. The third kappa shape index (κ3) is 3.75. The number of carbonyl (C=O) groups excluding carboxylic acids is 1. The van der Waals surface area contributed by atoms with Crippen LogP contribution in [0.3, 0.4) is 0 Å².